The van der Waals surface area contributed by atoms with Crippen LogP contribution in [0.25, 0.3) is 0 Å². The molecule has 0 spiro atoms. The number of esters is 1. The maximum atomic E-state index is 11.3. The fourth-order valence-corrected chi connectivity index (χ4v) is 4.31. The number of hydrogen-bond donors (Lipinski definition) is 1. The zero-order valence-corrected chi connectivity index (χ0v) is 17.5. The summed E-state index contributed by atoms with van der Waals surface area (Å²) >= 11 is 1.61. The summed E-state index contributed by atoms with van der Waals surface area (Å²) in [7, 11) is 1.43. The summed E-state index contributed by atoms with van der Waals surface area (Å²) in [6.45, 7) is 0.826. The molecule has 0 aliphatic carbocycles. The van der Waals surface area contributed by atoms with E-state index >= 15 is 0 Å². The van der Waals surface area contributed by atoms with Crippen molar-refractivity contribution >= 4 is 17.7 Å². The summed E-state index contributed by atoms with van der Waals surface area (Å²) in [4.78, 5) is 11.3. The van der Waals surface area contributed by atoms with Gasteiger partial charge in [0.1, 0.15) is 0 Å². The first-order valence-corrected chi connectivity index (χ1v) is 11.0. The second-order valence-corrected chi connectivity index (χ2v) is 7.86. The Balaban J connectivity index is 1.88. The topological polar surface area (TPSA) is 38.3 Å². The molecule has 0 fully saturated rings. The summed E-state index contributed by atoms with van der Waals surface area (Å²) < 4.78 is 4.71. The molecule has 0 amide bonds. The van der Waals surface area contributed by atoms with E-state index in [0.717, 1.165) is 18.7 Å². The van der Waals surface area contributed by atoms with Crippen LogP contribution in [0.4, 0.5) is 0 Å². The van der Waals surface area contributed by atoms with Crippen molar-refractivity contribution in [2.24, 2.45) is 0 Å². The number of ether oxygens (including phenoxy) is 1. The Hall–Kier alpha value is -2.56. The molecule has 0 aliphatic rings. The zero-order valence-electron chi connectivity index (χ0n) is 16.7. The highest BCUT2D eigenvalue weighted by atomic mass is 32.2. The minimum Gasteiger partial charge on any atom is -0.468 e. The van der Waals surface area contributed by atoms with Gasteiger partial charge in [0, 0.05) is 0 Å². The quantitative estimate of drug-likeness (QED) is 0.297. The monoisotopic (exact) mass is 405 g/mol. The van der Waals surface area contributed by atoms with E-state index in [9.17, 15) is 4.79 Å². The predicted molar refractivity (Wildman–Crippen MR) is 121 cm³/mol. The summed E-state index contributed by atoms with van der Waals surface area (Å²) in [5.74, 6) is 1.13. The fraction of sp³-hybridized carbons (Fsp3) is 0.240. The zero-order chi connectivity index (χ0) is 20.4. The van der Waals surface area contributed by atoms with Gasteiger partial charge >= 0.3 is 5.97 Å². The highest BCUT2D eigenvalue weighted by molar-refractivity contribution is 7.99. The van der Waals surface area contributed by atoms with Crippen molar-refractivity contribution < 1.29 is 9.53 Å². The highest BCUT2D eigenvalue weighted by Gasteiger charge is 2.35. The van der Waals surface area contributed by atoms with Crippen LogP contribution in [0.5, 0.6) is 0 Å². The van der Waals surface area contributed by atoms with Crippen LogP contribution in [0.1, 0.15) is 23.1 Å². The van der Waals surface area contributed by atoms with E-state index in [-0.39, 0.29) is 5.97 Å². The maximum absolute atomic E-state index is 11.3. The second-order valence-electron chi connectivity index (χ2n) is 6.76. The van der Waals surface area contributed by atoms with Gasteiger partial charge in [-0.3, -0.25) is 10.1 Å². The van der Waals surface area contributed by atoms with E-state index < -0.39 is 5.54 Å². The van der Waals surface area contributed by atoms with Gasteiger partial charge in [-0.15, -0.1) is 0 Å². The lowest BCUT2D eigenvalue weighted by atomic mass is 9.77. The molecule has 0 saturated heterocycles. The molecule has 3 aromatic carbocycles. The number of rotatable bonds is 10. The third-order valence-corrected chi connectivity index (χ3v) is 5.94. The molecule has 0 radical (unpaired) electrons. The maximum Gasteiger partial charge on any atom is 0.315 e. The molecule has 150 valence electrons. The third kappa shape index (κ3) is 5.28. The van der Waals surface area contributed by atoms with Crippen LogP contribution in [0.15, 0.2) is 91.0 Å². The van der Waals surface area contributed by atoms with Gasteiger partial charge in [0.2, 0.25) is 0 Å². The van der Waals surface area contributed by atoms with Crippen molar-refractivity contribution in [3.8, 4) is 0 Å². The van der Waals surface area contributed by atoms with Crippen LogP contribution < -0.4 is 5.32 Å². The second kappa shape index (κ2) is 10.8. The van der Waals surface area contributed by atoms with Crippen molar-refractivity contribution in [3.05, 3.63) is 108 Å². The fourth-order valence-electron chi connectivity index (χ4n) is 3.54. The van der Waals surface area contributed by atoms with E-state index in [1.165, 1.54) is 23.8 Å². The molecular formula is C25H27NO2S. The van der Waals surface area contributed by atoms with Crippen molar-refractivity contribution in [1.29, 1.82) is 0 Å². The Kier molecular flexibility index (Phi) is 7.91. The molecule has 3 rings (SSSR count). The third-order valence-electron chi connectivity index (χ3n) is 4.92. The van der Waals surface area contributed by atoms with Crippen LogP contribution >= 0.6 is 11.8 Å². The molecule has 0 bridgehead atoms. The van der Waals surface area contributed by atoms with Gasteiger partial charge in [-0.2, -0.15) is 11.8 Å². The number of methoxy groups -OCH3 is 1. The highest BCUT2D eigenvalue weighted by Crippen LogP contribution is 2.36. The Bertz CT molecular complexity index is 772. The van der Waals surface area contributed by atoms with Crippen LogP contribution in [-0.4, -0.2) is 31.1 Å². The summed E-state index contributed by atoms with van der Waals surface area (Å²) in [6, 6.07) is 31.7. The van der Waals surface area contributed by atoms with Crippen LogP contribution in [0, 0.1) is 0 Å². The number of carbonyl (C=O) groups excluding carboxylic acids is 1. The molecule has 1 N–H and O–H groups in total. The molecule has 0 aliphatic heterocycles. The van der Waals surface area contributed by atoms with Crippen molar-refractivity contribution in [3.63, 3.8) is 0 Å². The van der Waals surface area contributed by atoms with Gasteiger partial charge in [-0.05, 0) is 35.4 Å². The first kappa shape index (κ1) is 21.2. The number of hydrogen-bond acceptors (Lipinski definition) is 4. The first-order chi connectivity index (χ1) is 14.3. The summed E-state index contributed by atoms with van der Waals surface area (Å²) in [6.07, 6.45) is 0.954. The van der Waals surface area contributed by atoms with Gasteiger partial charge in [0.05, 0.1) is 18.4 Å². The Morgan fingerprint density at radius 2 is 1.28 bits per heavy atom. The molecule has 0 unspecified atom stereocenters. The lowest BCUT2D eigenvalue weighted by Crippen LogP contribution is -2.45. The van der Waals surface area contributed by atoms with Crippen molar-refractivity contribution in [2.45, 2.75) is 12.0 Å². The van der Waals surface area contributed by atoms with E-state index in [1.807, 2.05) is 18.2 Å². The van der Waals surface area contributed by atoms with Gasteiger partial charge in [-0.25, -0.2) is 0 Å². The van der Waals surface area contributed by atoms with E-state index in [4.69, 9.17) is 4.74 Å². The molecule has 0 heterocycles. The van der Waals surface area contributed by atoms with Crippen molar-refractivity contribution in [2.75, 3.05) is 25.2 Å². The van der Waals surface area contributed by atoms with Crippen LogP contribution in [0.2, 0.25) is 0 Å². The molecule has 3 nitrogen and oxygen atoms in total. The van der Waals surface area contributed by atoms with Crippen molar-refractivity contribution in [1.82, 2.24) is 5.32 Å². The molecular weight excluding hydrogens is 378 g/mol. The van der Waals surface area contributed by atoms with Crippen LogP contribution in [0.3, 0.4) is 0 Å². The largest absolute Gasteiger partial charge is 0.468 e. The van der Waals surface area contributed by atoms with Crippen LogP contribution in [-0.2, 0) is 15.1 Å². The Labute approximate surface area is 177 Å². The van der Waals surface area contributed by atoms with E-state index in [2.05, 4.69) is 78.1 Å². The lowest BCUT2D eigenvalue weighted by Gasteiger charge is -2.37. The summed E-state index contributed by atoms with van der Waals surface area (Å²) in [5, 5.41) is 3.85. The predicted octanol–water partition coefficient (Wildman–Crippen LogP) is 4.86. The molecule has 0 aromatic heterocycles. The Morgan fingerprint density at radius 1 is 0.828 bits per heavy atom. The average molecular weight is 406 g/mol. The smallest absolute Gasteiger partial charge is 0.315 e. The standard InChI is InChI=1S/C25H27NO2S/c1-28-24(27)20-29-19-11-18-26-25(21-12-5-2-6-13-21,22-14-7-3-8-15-22)23-16-9-4-10-17-23/h2-10,12-17,26H,11,18-20H2,1H3. The Morgan fingerprint density at radius 3 is 1.69 bits per heavy atom. The van der Waals surface area contributed by atoms with Gasteiger partial charge < -0.3 is 4.74 Å². The lowest BCUT2D eigenvalue weighted by molar-refractivity contribution is -0.137. The molecule has 3 aromatic rings. The van der Waals surface area contributed by atoms with E-state index in [1.54, 1.807) is 11.8 Å². The van der Waals surface area contributed by atoms with Gasteiger partial charge in [-0.1, -0.05) is 91.0 Å². The minimum atomic E-state index is -0.434. The molecule has 29 heavy (non-hydrogen) atoms. The van der Waals surface area contributed by atoms with Gasteiger partial charge in [0.15, 0.2) is 0 Å². The molecule has 0 saturated carbocycles. The normalized spacial score (nSPS) is 11.2. The minimum absolute atomic E-state index is 0.171. The van der Waals surface area contributed by atoms with E-state index in [0.29, 0.717) is 5.75 Å². The first-order valence-electron chi connectivity index (χ1n) is 9.83. The average Bonchev–Trinajstić information content (AvgIpc) is 2.80. The summed E-state index contributed by atoms with van der Waals surface area (Å²) in [5.41, 5.74) is 3.19. The number of benzene rings is 3. The molecule has 0 atom stereocenters. The number of thioether (sulfide) groups is 1. The number of nitrogens with one attached hydrogen (secondary N) is 1. The molecule has 4 heteroatoms. The number of carbonyl (C=O) groups is 1. The SMILES string of the molecule is COC(=O)CSCCCNC(c1ccccc1)(c1ccccc1)c1ccccc1. The van der Waals surface area contributed by atoms with Gasteiger partial charge in [0.25, 0.3) is 0 Å².